The molecule has 78 valence electrons. The predicted octanol–water partition coefficient (Wildman–Crippen LogP) is 2.09. The van der Waals surface area contributed by atoms with Crippen molar-refractivity contribution in [3.63, 3.8) is 0 Å². The third-order valence-electron chi connectivity index (χ3n) is 1.82. The molecule has 0 saturated heterocycles. The van der Waals surface area contributed by atoms with Crippen molar-refractivity contribution in [2.45, 2.75) is 0 Å². The van der Waals surface area contributed by atoms with E-state index < -0.39 is 6.67 Å². The van der Waals surface area contributed by atoms with Crippen molar-refractivity contribution in [3.8, 4) is 11.5 Å². The SMILES string of the molecule is COc1ccc(NCCF)c(OC)c1. The van der Waals surface area contributed by atoms with Crippen LogP contribution >= 0.6 is 0 Å². The summed E-state index contributed by atoms with van der Waals surface area (Å²) in [5.41, 5.74) is 0.769. The normalized spacial score (nSPS) is 9.64. The highest BCUT2D eigenvalue weighted by atomic mass is 19.1. The predicted molar refractivity (Wildman–Crippen MR) is 54.0 cm³/mol. The quantitative estimate of drug-likeness (QED) is 0.787. The van der Waals surface area contributed by atoms with Crippen molar-refractivity contribution in [1.29, 1.82) is 0 Å². The van der Waals surface area contributed by atoms with Gasteiger partial charge in [-0.1, -0.05) is 0 Å². The van der Waals surface area contributed by atoms with Crippen molar-refractivity contribution in [3.05, 3.63) is 18.2 Å². The summed E-state index contributed by atoms with van der Waals surface area (Å²) >= 11 is 0. The number of methoxy groups -OCH3 is 2. The van der Waals surface area contributed by atoms with Gasteiger partial charge in [-0.3, -0.25) is 0 Å². The molecule has 0 aliphatic heterocycles. The highest BCUT2D eigenvalue weighted by Crippen LogP contribution is 2.28. The van der Waals surface area contributed by atoms with Crippen LogP contribution in [0.3, 0.4) is 0 Å². The fourth-order valence-electron chi connectivity index (χ4n) is 1.13. The Morgan fingerprint density at radius 1 is 1.29 bits per heavy atom. The number of rotatable bonds is 5. The highest BCUT2D eigenvalue weighted by Gasteiger charge is 2.03. The number of benzene rings is 1. The van der Waals surface area contributed by atoms with Gasteiger partial charge in [0.15, 0.2) is 0 Å². The molecule has 0 atom stereocenters. The van der Waals surface area contributed by atoms with Gasteiger partial charge in [0.1, 0.15) is 18.2 Å². The van der Waals surface area contributed by atoms with Gasteiger partial charge in [-0.25, -0.2) is 4.39 Å². The summed E-state index contributed by atoms with van der Waals surface area (Å²) in [5, 5.41) is 2.91. The van der Waals surface area contributed by atoms with Gasteiger partial charge in [-0.15, -0.1) is 0 Å². The number of alkyl halides is 1. The van der Waals surface area contributed by atoms with Gasteiger partial charge in [0, 0.05) is 12.6 Å². The molecule has 1 aromatic carbocycles. The molecule has 0 radical (unpaired) electrons. The van der Waals surface area contributed by atoms with Gasteiger partial charge in [-0.2, -0.15) is 0 Å². The number of anilines is 1. The molecule has 14 heavy (non-hydrogen) atoms. The molecule has 0 amide bonds. The first kappa shape index (κ1) is 10.6. The van der Waals surface area contributed by atoms with E-state index in [-0.39, 0.29) is 6.54 Å². The summed E-state index contributed by atoms with van der Waals surface area (Å²) in [6.07, 6.45) is 0. The Morgan fingerprint density at radius 3 is 2.64 bits per heavy atom. The molecule has 0 fully saturated rings. The third kappa shape index (κ3) is 2.52. The summed E-state index contributed by atoms with van der Waals surface area (Å²) in [5.74, 6) is 1.37. The van der Waals surface area contributed by atoms with Crippen LogP contribution in [0.15, 0.2) is 18.2 Å². The van der Waals surface area contributed by atoms with Crippen LogP contribution in [0.5, 0.6) is 11.5 Å². The topological polar surface area (TPSA) is 30.5 Å². The molecule has 0 aromatic heterocycles. The van der Waals surface area contributed by atoms with Crippen molar-refractivity contribution < 1.29 is 13.9 Å². The summed E-state index contributed by atoms with van der Waals surface area (Å²) in [6, 6.07) is 5.34. The lowest BCUT2D eigenvalue weighted by molar-refractivity contribution is 0.395. The molecular formula is C10H14FNO2. The van der Waals surface area contributed by atoms with Gasteiger partial charge in [0.2, 0.25) is 0 Å². The van der Waals surface area contributed by atoms with Crippen molar-refractivity contribution in [2.75, 3.05) is 32.8 Å². The minimum atomic E-state index is -0.408. The summed E-state index contributed by atoms with van der Waals surface area (Å²) < 4.78 is 22.1. The maximum Gasteiger partial charge on any atom is 0.145 e. The minimum Gasteiger partial charge on any atom is -0.497 e. The average Bonchev–Trinajstić information content (AvgIpc) is 2.26. The summed E-state index contributed by atoms with van der Waals surface area (Å²) in [6.45, 7) is -0.127. The van der Waals surface area contributed by atoms with Crippen LogP contribution in [0.1, 0.15) is 0 Å². The molecule has 0 heterocycles. The first-order valence-electron chi connectivity index (χ1n) is 4.33. The van der Waals surface area contributed by atoms with E-state index >= 15 is 0 Å². The van der Waals surface area contributed by atoms with Gasteiger partial charge in [-0.05, 0) is 12.1 Å². The van der Waals surface area contributed by atoms with E-state index in [1.54, 1.807) is 32.4 Å². The number of halogens is 1. The molecule has 0 spiro atoms. The summed E-state index contributed by atoms with van der Waals surface area (Å²) in [4.78, 5) is 0. The smallest absolute Gasteiger partial charge is 0.145 e. The van der Waals surface area contributed by atoms with E-state index in [4.69, 9.17) is 9.47 Å². The molecule has 1 N–H and O–H groups in total. The van der Waals surface area contributed by atoms with Crippen molar-refractivity contribution >= 4 is 5.69 Å². The van der Waals surface area contributed by atoms with Crippen LogP contribution in [0.25, 0.3) is 0 Å². The lowest BCUT2D eigenvalue weighted by atomic mass is 10.2. The fourth-order valence-corrected chi connectivity index (χ4v) is 1.13. The fraction of sp³-hybridized carbons (Fsp3) is 0.400. The van der Waals surface area contributed by atoms with Gasteiger partial charge in [0.05, 0.1) is 19.9 Å². The van der Waals surface area contributed by atoms with Gasteiger partial charge < -0.3 is 14.8 Å². The van der Waals surface area contributed by atoms with Crippen LogP contribution in [0.4, 0.5) is 10.1 Å². The van der Waals surface area contributed by atoms with Crippen molar-refractivity contribution in [1.82, 2.24) is 0 Å². The van der Waals surface area contributed by atoms with Crippen molar-refractivity contribution in [2.24, 2.45) is 0 Å². The molecule has 0 unspecified atom stereocenters. The molecular weight excluding hydrogens is 185 g/mol. The number of hydrogen-bond acceptors (Lipinski definition) is 3. The maximum absolute atomic E-state index is 11.9. The molecule has 0 saturated carbocycles. The van der Waals surface area contributed by atoms with Crippen LogP contribution in [0, 0.1) is 0 Å². The van der Waals surface area contributed by atoms with E-state index in [1.807, 2.05) is 0 Å². The lowest BCUT2D eigenvalue weighted by Crippen LogP contribution is -2.04. The molecule has 1 aromatic rings. The molecule has 0 aliphatic carbocycles. The van der Waals surface area contributed by atoms with Crippen LogP contribution < -0.4 is 14.8 Å². The second kappa shape index (κ2) is 5.32. The first-order valence-corrected chi connectivity index (χ1v) is 4.33. The standard InChI is InChI=1S/C10H14FNO2/c1-13-8-3-4-9(12-6-5-11)10(7-8)14-2/h3-4,7,12H,5-6H2,1-2H3. The Kier molecular flexibility index (Phi) is 4.04. The third-order valence-corrected chi connectivity index (χ3v) is 1.82. The zero-order valence-electron chi connectivity index (χ0n) is 8.34. The second-order valence-electron chi connectivity index (χ2n) is 2.68. The van der Waals surface area contributed by atoms with Crippen LogP contribution in [-0.2, 0) is 0 Å². The Hall–Kier alpha value is -1.45. The van der Waals surface area contributed by atoms with E-state index in [9.17, 15) is 4.39 Å². The second-order valence-corrected chi connectivity index (χ2v) is 2.68. The number of hydrogen-bond donors (Lipinski definition) is 1. The van der Waals surface area contributed by atoms with Gasteiger partial charge >= 0.3 is 0 Å². The maximum atomic E-state index is 11.9. The number of nitrogens with one attached hydrogen (secondary N) is 1. The zero-order chi connectivity index (χ0) is 10.4. The molecule has 3 nitrogen and oxygen atoms in total. The Balaban J connectivity index is 2.82. The Labute approximate surface area is 82.8 Å². The summed E-state index contributed by atoms with van der Waals surface area (Å²) in [7, 11) is 3.15. The van der Waals surface area contributed by atoms with E-state index in [0.29, 0.717) is 11.5 Å². The van der Waals surface area contributed by atoms with Crippen LogP contribution in [-0.4, -0.2) is 27.4 Å². The van der Waals surface area contributed by atoms with E-state index in [1.165, 1.54) is 0 Å². The minimum absolute atomic E-state index is 0.280. The average molecular weight is 199 g/mol. The Morgan fingerprint density at radius 2 is 2.07 bits per heavy atom. The Bertz CT molecular complexity index is 291. The highest BCUT2D eigenvalue weighted by molar-refractivity contribution is 5.59. The van der Waals surface area contributed by atoms with Crippen LogP contribution in [0.2, 0.25) is 0 Å². The number of ether oxygens (including phenoxy) is 2. The zero-order valence-corrected chi connectivity index (χ0v) is 8.34. The lowest BCUT2D eigenvalue weighted by Gasteiger charge is -2.11. The molecule has 4 heteroatoms. The monoisotopic (exact) mass is 199 g/mol. The first-order chi connectivity index (χ1) is 6.81. The molecule has 0 aliphatic rings. The largest absolute Gasteiger partial charge is 0.497 e. The molecule has 1 rings (SSSR count). The van der Waals surface area contributed by atoms with E-state index in [0.717, 1.165) is 5.69 Å². The van der Waals surface area contributed by atoms with Gasteiger partial charge in [0.25, 0.3) is 0 Å². The van der Waals surface area contributed by atoms with E-state index in [2.05, 4.69) is 5.32 Å². The molecule has 0 bridgehead atoms.